The fraction of sp³-hybridized carbons (Fsp3) is 0.120. The summed E-state index contributed by atoms with van der Waals surface area (Å²) >= 11 is 1.01. The topological polar surface area (TPSA) is 125 Å². The van der Waals surface area contributed by atoms with Crippen molar-refractivity contribution in [2.75, 3.05) is 5.32 Å². The fourth-order valence-corrected chi connectivity index (χ4v) is 4.89. The summed E-state index contributed by atoms with van der Waals surface area (Å²) in [4.78, 5) is 33.2. The Hall–Kier alpha value is -4.58. The Balaban J connectivity index is 1.44. The second-order valence-corrected chi connectivity index (χ2v) is 9.32. The van der Waals surface area contributed by atoms with Gasteiger partial charge < -0.3 is 10.3 Å². The molecule has 0 saturated carbocycles. The first-order chi connectivity index (χ1) is 18.0. The van der Waals surface area contributed by atoms with Crippen LogP contribution in [0.1, 0.15) is 19.8 Å². The van der Waals surface area contributed by atoms with Crippen molar-refractivity contribution in [2.45, 2.75) is 19.8 Å². The van der Waals surface area contributed by atoms with E-state index in [0.717, 1.165) is 16.9 Å². The molecule has 9 nitrogen and oxygen atoms in total. The van der Waals surface area contributed by atoms with Crippen LogP contribution in [0.25, 0.3) is 55.3 Å². The Morgan fingerprint density at radius 3 is 2.78 bits per heavy atom. The van der Waals surface area contributed by atoms with E-state index < -0.39 is 5.82 Å². The Labute approximate surface area is 212 Å². The summed E-state index contributed by atoms with van der Waals surface area (Å²) in [6.07, 6.45) is 7.05. The summed E-state index contributed by atoms with van der Waals surface area (Å²) in [6.45, 7) is 1.91. The molecule has 0 aliphatic carbocycles. The monoisotopic (exact) mass is 516 g/mol. The molecule has 1 amide bonds. The largest absolute Gasteiger partial charge is 0.335 e. The molecule has 0 aliphatic heterocycles. The van der Waals surface area contributed by atoms with Crippen LogP contribution >= 0.6 is 11.3 Å². The van der Waals surface area contributed by atoms with Gasteiger partial charge in [-0.2, -0.15) is 9.49 Å². The second kappa shape index (κ2) is 9.13. The first-order valence-corrected chi connectivity index (χ1v) is 12.2. The fourth-order valence-electron chi connectivity index (χ4n) is 4.12. The number of nitrogens with one attached hydrogen (secondary N) is 3. The van der Waals surface area contributed by atoms with Crippen molar-refractivity contribution in [3.63, 3.8) is 0 Å². The molecule has 0 fully saturated rings. The predicted molar refractivity (Wildman–Crippen MR) is 137 cm³/mol. The molecule has 0 unspecified atom stereocenters. The normalized spacial score (nSPS) is 11.4. The van der Waals surface area contributed by atoms with Gasteiger partial charge in [0.15, 0.2) is 22.2 Å². The van der Waals surface area contributed by atoms with Gasteiger partial charge in [-0.1, -0.05) is 6.92 Å². The van der Waals surface area contributed by atoms with Gasteiger partial charge in [-0.3, -0.25) is 14.9 Å². The number of pyridine rings is 3. The van der Waals surface area contributed by atoms with Gasteiger partial charge in [0.05, 0.1) is 22.8 Å². The molecule has 3 N–H and O–H groups in total. The van der Waals surface area contributed by atoms with Crippen LogP contribution in [0.4, 0.5) is 14.5 Å². The molecule has 0 saturated heterocycles. The minimum atomic E-state index is -0.568. The highest BCUT2D eigenvalue weighted by atomic mass is 32.1. The third kappa shape index (κ3) is 4.10. The zero-order valence-electron chi connectivity index (χ0n) is 19.3. The number of anilines is 1. The Kier molecular flexibility index (Phi) is 5.64. The number of aromatic nitrogens is 7. The smallest absolute Gasteiger partial charge is 0.224 e. The Morgan fingerprint density at radius 1 is 1.08 bits per heavy atom. The van der Waals surface area contributed by atoms with Crippen LogP contribution in [0.15, 0.2) is 49.1 Å². The van der Waals surface area contributed by atoms with Crippen molar-refractivity contribution in [3.05, 3.63) is 60.0 Å². The van der Waals surface area contributed by atoms with E-state index in [1.54, 1.807) is 24.4 Å². The van der Waals surface area contributed by atoms with Gasteiger partial charge in [-0.25, -0.2) is 19.3 Å². The van der Waals surface area contributed by atoms with Crippen LogP contribution in [0.3, 0.4) is 0 Å². The van der Waals surface area contributed by atoms with Gasteiger partial charge in [-0.15, -0.1) is 11.3 Å². The minimum absolute atomic E-state index is 0.140. The van der Waals surface area contributed by atoms with Crippen molar-refractivity contribution in [2.24, 2.45) is 0 Å². The molecule has 12 heteroatoms. The van der Waals surface area contributed by atoms with Crippen LogP contribution in [0.2, 0.25) is 0 Å². The molecular weight excluding hydrogens is 498 g/mol. The van der Waals surface area contributed by atoms with Crippen LogP contribution in [0, 0.1) is 10.9 Å². The maximum atomic E-state index is 15.9. The first kappa shape index (κ1) is 22.9. The van der Waals surface area contributed by atoms with Crippen LogP contribution in [-0.2, 0) is 4.79 Å². The van der Waals surface area contributed by atoms with E-state index in [0.29, 0.717) is 51.7 Å². The van der Waals surface area contributed by atoms with E-state index in [-0.39, 0.29) is 27.6 Å². The zero-order valence-corrected chi connectivity index (χ0v) is 20.2. The Bertz CT molecular complexity index is 1790. The maximum Gasteiger partial charge on any atom is 0.224 e. The molecule has 0 aromatic carbocycles. The molecule has 37 heavy (non-hydrogen) atoms. The molecule has 0 radical (unpaired) electrons. The molecule has 6 aromatic heterocycles. The summed E-state index contributed by atoms with van der Waals surface area (Å²) in [6, 6.07) is 6.49. The van der Waals surface area contributed by atoms with Crippen molar-refractivity contribution >= 4 is 45.1 Å². The average Bonchev–Trinajstić information content (AvgIpc) is 3.62. The molecule has 6 rings (SSSR count). The molecule has 6 aromatic rings. The first-order valence-electron chi connectivity index (χ1n) is 11.4. The van der Waals surface area contributed by atoms with Crippen LogP contribution in [0.5, 0.6) is 0 Å². The SMILES string of the molecule is CCCC(=O)Nc1cncc(-c2cnc3n[nH]c(-c4nc5nccc(-c6ccc(F)s6)c5[nH]4)c3c2F)c1. The molecule has 0 spiro atoms. The number of imidazole rings is 1. The summed E-state index contributed by atoms with van der Waals surface area (Å²) in [5.41, 5.74) is 3.28. The summed E-state index contributed by atoms with van der Waals surface area (Å²) < 4.78 is 29.6. The van der Waals surface area contributed by atoms with Crippen molar-refractivity contribution in [1.82, 2.24) is 35.1 Å². The molecule has 6 heterocycles. The van der Waals surface area contributed by atoms with Gasteiger partial charge in [-0.05, 0) is 30.7 Å². The van der Waals surface area contributed by atoms with Crippen LogP contribution < -0.4 is 5.32 Å². The highest BCUT2D eigenvalue weighted by molar-refractivity contribution is 7.14. The highest BCUT2D eigenvalue weighted by Crippen LogP contribution is 2.35. The standard InChI is InChI=1S/C25H18F2N8OS/c1-2-3-18(36)31-13-8-12(9-28-10-13)15-11-30-23-19(20(15)27)22(34-35-23)25-32-21-14(6-7-29-24(21)33-25)16-4-5-17(26)37-16/h4-11H,2-3H2,1H3,(H,31,36)(H,29,32,33)(H,30,34,35). The lowest BCUT2D eigenvalue weighted by Crippen LogP contribution is -2.10. The third-order valence-electron chi connectivity index (χ3n) is 5.80. The molecule has 184 valence electrons. The average molecular weight is 517 g/mol. The minimum Gasteiger partial charge on any atom is -0.335 e. The zero-order chi connectivity index (χ0) is 25.5. The van der Waals surface area contributed by atoms with E-state index in [2.05, 4.69) is 40.4 Å². The molecule has 0 atom stereocenters. The van der Waals surface area contributed by atoms with Gasteiger partial charge in [0.2, 0.25) is 5.91 Å². The lowest BCUT2D eigenvalue weighted by atomic mass is 10.1. The van der Waals surface area contributed by atoms with E-state index >= 15 is 4.39 Å². The number of aromatic amines is 2. The van der Waals surface area contributed by atoms with Gasteiger partial charge >= 0.3 is 0 Å². The third-order valence-corrected chi connectivity index (χ3v) is 6.70. The number of rotatable bonds is 6. The van der Waals surface area contributed by atoms with Gasteiger partial charge in [0, 0.05) is 46.6 Å². The van der Waals surface area contributed by atoms with Gasteiger partial charge in [0.1, 0.15) is 11.5 Å². The quantitative estimate of drug-likeness (QED) is 0.261. The number of carbonyl (C=O) groups is 1. The summed E-state index contributed by atoms with van der Waals surface area (Å²) in [5, 5.41) is 9.57. The number of amides is 1. The van der Waals surface area contributed by atoms with E-state index in [1.807, 2.05) is 6.92 Å². The number of nitrogens with zero attached hydrogens (tertiary/aromatic N) is 5. The number of halogens is 2. The molecular formula is C25H18F2N8OS. The number of thiophene rings is 1. The number of fused-ring (bicyclic) bond motifs is 2. The van der Waals surface area contributed by atoms with Crippen LogP contribution in [-0.4, -0.2) is 41.0 Å². The highest BCUT2D eigenvalue weighted by Gasteiger charge is 2.21. The molecule has 0 bridgehead atoms. The number of carbonyl (C=O) groups excluding carboxylic acids is 1. The number of hydrogen-bond donors (Lipinski definition) is 3. The second-order valence-electron chi connectivity index (χ2n) is 8.29. The number of H-pyrrole nitrogens is 2. The van der Waals surface area contributed by atoms with Crippen molar-refractivity contribution in [3.8, 4) is 33.1 Å². The number of hydrogen-bond acceptors (Lipinski definition) is 7. The molecule has 0 aliphatic rings. The maximum absolute atomic E-state index is 15.9. The van der Waals surface area contributed by atoms with Gasteiger partial charge in [0.25, 0.3) is 0 Å². The predicted octanol–water partition coefficient (Wildman–Crippen LogP) is 5.70. The van der Waals surface area contributed by atoms with E-state index in [1.165, 1.54) is 24.7 Å². The van der Waals surface area contributed by atoms with E-state index in [9.17, 15) is 9.18 Å². The Morgan fingerprint density at radius 2 is 1.97 bits per heavy atom. The summed E-state index contributed by atoms with van der Waals surface area (Å²) in [5.74, 6) is -0.400. The lowest BCUT2D eigenvalue weighted by molar-refractivity contribution is -0.116. The van der Waals surface area contributed by atoms with Crippen molar-refractivity contribution < 1.29 is 13.6 Å². The van der Waals surface area contributed by atoms with E-state index in [4.69, 9.17) is 0 Å². The summed E-state index contributed by atoms with van der Waals surface area (Å²) in [7, 11) is 0. The van der Waals surface area contributed by atoms with Crippen molar-refractivity contribution in [1.29, 1.82) is 0 Å². The lowest BCUT2D eigenvalue weighted by Gasteiger charge is -2.08.